The maximum absolute atomic E-state index is 14.1. The second kappa shape index (κ2) is 16.9. The molecular formula is C37H43F3N6O7. The van der Waals surface area contributed by atoms with Crippen LogP contribution in [0.5, 0.6) is 0 Å². The second-order valence-electron chi connectivity index (χ2n) is 13.9. The largest absolute Gasteiger partial charge is 0.490 e. The number of benzene rings is 2. The van der Waals surface area contributed by atoms with Gasteiger partial charge in [-0.15, -0.1) is 0 Å². The number of carboxylic acids is 1. The smallest absolute Gasteiger partial charge is 0.475 e. The molecule has 6 N–H and O–H groups in total. The average Bonchev–Trinajstić information content (AvgIpc) is 3.47. The molecule has 5 rings (SSSR count). The number of halogens is 3. The number of carbonyl (C=O) groups excluding carboxylic acids is 3. The van der Waals surface area contributed by atoms with Gasteiger partial charge >= 0.3 is 18.2 Å². The lowest BCUT2D eigenvalue weighted by molar-refractivity contribution is -0.192. The first kappa shape index (κ1) is 40.3. The number of amides is 3. The quantitative estimate of drug-likeness (QED) is 0.152. The summed E-state index contributed by atoms with van der Waals surface area (Å²) in [5.41, 5.74) is 10.3. The van der Waals surface area contributed by atoms with E-state index >= 15 is 0 Å². The number of carboxylic acid groups (broad SMARTS) is 1. The molecule has 0 spiro atoms. The minimum absolute atomic E-state index is 0.197. The van der Waals surface area contributed by atoms with E-state index in [2.05, 4.69) is 20.5 Å². The maximum atomic E-state index is 14.1. The number of alkyl halides is 3. The zero-order valence-corrected chi connectivity index (χ0v) is 29.8. The van der Waals surface area contributed by atoms with Crippen LogP contribution in [-0.2, 0) is 25.5 Å². The van der Waals surface area contributed by atoms with E-state index in [1.165, 1.54) is 4.90 Å². The van der Waals surface area contributed by atoms with E-state index in [4.69, 9.17) is 20.4 Å². The first-order chi connectivity index (χ1) is 24.8. The monoisotopic (exact) mass is 740 g/mol. The number of hydrogen-bond donors (Lipinski definition) is 5. The van der Waals surface area contributed by atoms with Gasteiger partial charge in [0.25, 0.3) is 11.5 Å². The number of nitrogens with zero attached hydrogens (tertiary/aromatic N) is 2. The molecule has 13 nitrogen and oxygen atoms in total. The molecule has 2 heterocycles. The highest BCUT2D eigenvalue weighted by molar-refractivity contribution is 6.17. The number of aromatic nitrogens is 3. The van der Waals surface area contributed by atoms with Gasteiger partial charge in [0.1, 0.15) is 5.60 Å². The Morgan fingerprint density at radius 2 is 1.66 bits per heavy atom. The number of nitrogens with two attached hydrogens (primary N) is 1. The van der Waals surface area contributed by atoms with Crippen LogP contribution in [0.1, 0.15) is 57.7 Å². The molecule has 2 aromatic carbocycles. The molecule has 3 amide bonds. The van der Waals surface area contributed by atoms with E-state index in [0.29, 0.717) is 48.8 Å². The minimum atomic E-state index is -5.08. The molecule has 4 aromatic rings. The first-order valence-corrected chi connectivity index (χ1v) is 17.0. The molecule has 1 saturated carbocycles. The molecular weight excluding hydrogens is 697 g/mol. The molecule has 1 aliphatic carbocycles. The van der Waals surface area contributed by atoms with Crippen molar-refractivity contribution >= 4 is 40.5 Å². The Labute approximate surface area is 303 Å². The van der Waals surface area contributed by atoms with Gasteiger partial charge in [0.05, 0.1) is 22.6 Å². The van der Waals surface area contributed by atoms with E-state index in [1.54, 1.807) is 24.4 Å². The van der Waals surface area contributed by atoms with Crippen molar-refractivity contribution in [1.29, 1.82) is 0 Å². The molecule has 0 saturated heterocycles. The molecule has 1 aliphatic rings. The molecule has 284 valence electrons. The van der Waals surface area contributed by atoms with Crippen LogP contribution in [0, 0.1) is 18.8 Å². The number of fused-ring (bicyclic) bond motifs is 1. The van der Waals surface area contributed by atoms with E-state index in [0.717, 1.165) is 22.4 Å². The molecule has 0 unspecified atom stereocenters. The highest BCUT2D eigenvalue weighted by Crippen LogP contribution is 2.32. The number of ether oxygens (including phenoxy) is 1. The lowest BCUT2D eigenvalue weighted by Gasteiger charge is -2.32. The molecule has 1 atom stereocenters. The number of nitrogens with one attached hydrogen (secondary N) is 3. The average molecular weight is 741 g/mol. The summed E-state index contributed by atoms with van der Waals surface area (Å²) in [6.45, 7) is 7.85. The Morgan fingerprint density at radius 3 is 2.25 bits per heavy atom. The number of H-pyrrole nitrogens is 2. The number of hydrogen-bond acceptors (Lipinski definition) is 8. The van der Waals surface area contributed by atoms with Gasteiger partial charge in [0.2, 0.25) is 5.91 Å². The molecule has 0 aliphatic heterocycles. The molecule has 16 heteroatoms. The fourth-order valence-electron chi connectivity index (χ4n) is 5.98. The van der Waals surface area contributed by atoms with Crippen LogP contribution in [0.2, 0.25) is 0 Å². The van der Waals surface area contributed by atoms with Crippen LogP contribution in [-0.4, -0.2) is 68.5 Å². The normalized spacial score (nSPS) is 16.5. The van der Waals surface area contributed by atoms with Crippen molar-refractivity contribution in [2.75, 3.05) is 11.4 Å². The predicted octanol–water partition coefficient (Wildman–Crippen LogP) is 5.62. The highest BCUT2D eigenvalue weighted by atomic mass is 19.4. The lowest BCUT2D eigenvalue weighted by Crippen LogP contribution is -2.50. The molecule has 0 radical (unpaired) electrons. The maximum Gasteiger partial charge on any atom is 0.490 e. The number of rotatable bonds is 8. The summed E-state index contributed by atoms with van der Waals surface area (Å²) in [6.07, 6.45) is -0.988. The van der Waals surface area contributed by atoms with Crippen molar-refractivity contribution < 1.29 is 42.2 Å². The summed E-state index contributed by atoms with van der Waals surface area (Å²) in [4.78, 5) is 66.7. The summed E-state index contributed by atoms with van der Waals surface area (Å²) in [5.74, 6) is -3.78. The van der Waals surface area contributed by atoms with Gasteiger partial charge < -0.3 is 20.9 Å². The fourth-order valence-corrected chi connectivity index (χ4v) is 5.98. The third-order valence-electron chi connectivity index (χ3n) is 8.67. The van der Waals surface area contributed by atoms with Gasteiger partial charge in [-0.25, -0.2) is 14.5 Å². The Bertz CT molecular complexity index is 1980. The number of aliphatic carboxylic acids is 1. The SMILES string of the molecule is Cc1ncccc1-c1ccc(C[C@H](N)C(=O)N(c2ccc3c(=O)[nH][nH]c3c2)C(=O)[C@H]2CC[C@H](CNC(=O)OC(C)(C)C)CC2)cc1.O=C(O)C(F)(F)F. The number of alkyl carbamates (subject to hydrolysis) is 1. The standard InChI is InChI=1S/C35H42N6O5.C2HF3O2/c1-21-27(6-5-17-37-21)24-11-7-22(8-12-24)18-29(36)33(44)41(26-15-16-28-30(19-26)39-40-31(28)42)32(43)25-13-9-23(10-14-25)20-38-34(45)46-35(2,3)4;3-2(4,5)1(6)7/h5-8,11-12,15-17,19,23,25,29H,9-10,13-14,18,20,36H2,1-4H3,(H,38,45)(H2,39,40,42);(H,6,7)/t23-,25-,29-;/m0./s1. The third-order valence-corrected chi connectivity index (χ3v) is 8.67. The molecule has 1 fully saturated rings. The van der Waals surface area contributed by atoms with Crippen molar-refractivity contribution in [2.45, 2.75) is 77.6 Å². The zero-order chi connectivity index (χ0) is 39.1. The van der Waals surface area contributed by atoms with Crippen LogP contribution in [0.3, 0.4) is 0 Å². The fraction of sp³-hybridized carbons (Fsp3) is 0.405. The van der Waals surface area contributed by atoms with Crippen LogP contribution < -0.4 is 21.5 Å². The van der Waals surface area contributed by atoms with Crippen molar-refractivity contribution in [3.05, 3.63) is 82.4 Å². The zero-order valence-electron chi connectivity index (χ0n) is 29.8. The van der Waals surface area contributed by atoms with E-state index in [-0.39, 0.29) is 23.8 Å². The number of carbonyl (C=O) groups is 4. The molecule has 2 aromatic heterocycles. The van der Waals surface area contributed by atoms with Gasteiger partial charge in [0.15, 0.2) is 0 Å². The number of imide groups is 1. The Balaban J connectivity index is 0.000000815. The lowest BCUT2D eigenvalue weighted by atomic mass is 9.81. The van der Waals surface area contributed by atoms with Crippen LogP contribution >= 0.6 is 0 Å². The van der Waals surface area contributed by atoms with Crippen molar-refractivity contribution in [3.63, 3.8) is 0 Å². The van der Waals surface area contributed by atoms with Gasteiger partial charge in [-0.2, -0.15) is 13.2 Å². The van der Waals surface area contributed by atoms with Crippen LogP contribution in [0.25, 0.3) is 22.0 Å². The van der Waals surface area contributed by atoms with E-state index < -0.39 is 41.7 Å². The third kappa shape index (κ3) is 11.0. The summed E-state index contributed by atoms with van der Waals surface area (Å²) >= 11 is 0. The predicted molar refractivity (Wildman–Crippen MR) is 191 cm³/mol. The Morgan fingerprint density at radius 1 is 1.02 bits per heavy atom. The topological polar surface area (TPSA) is 201 Å². The van der Waals surface area contributed by atoms with Crippen molar-refractivity contribution in [3.8, 4) is 11.1 Å². The Hall–Kier alpha value is -5.51. The summed E-state index contributed by atoms with van der Waals surface area (Å²) < 4.78 is 37.1. The van der Waals surface area contributed by atoms with Crippen LogP contribution in [0.4, 0.5) is 23.7 Å². The van der Waals surface area contributed by atoms with Gasteiger partial charge in [-0.05, 0) is 101 Å². The molecule has 53 heavy (non-hydrogen) atoms. The number of anilines is 1. The van der Waals surface area contributed by atoms with Gasteiger partial charge in [-0.1, -0.05) is 30.3 Å². The van der Waals surface area contributed by atoms with Crippen molar-refractivity contribution in [2.24, 2.45) is 17.6 Å². The minimum Gasteiger partial charge on any atom is -0.475 e. The second-order valence-corrected chi connectivity index (χ2v) is 13.9. The van der Waals surface area contributed by atoms with Crippen molar-refractivity contribution in [1.82, 2.24) is 20.5 Å². The number of pyridine rings is 1. The van der Waals surface area contributed by atoms with E-state index in [1.807, 2.05) is 64.1 Å². The Kier molecular flexibility index (Phi) is 12.8. The highest BCUT2D eigenvalue weighted by Gasteiger charge is 2.38. The van der Waals surface area contributed by atoms with Gasteiger partial charge in [0, 0.05) is 29.9 Å². The summed E-state index contributed by atoms with van der Waals surface area (Å²) in [6, 6.07) is 15.6. The molecule has 0 bridgehead atoms. The first-order valence-electron chi connectivity index (χ1n) is 17.0. The summed E-state index contributed by atoms with van der Waals surface area (Å²) in [5, 5.41) is 15.7. The van der Waals surface area contributed by atoms with Gasteiger partial charge in [-0.3, -0.25) is 29.6 Å². The number of aryl methyl sites for hydroxylation is 1. The van der Waals surface area contributed by atoms with E-state index in [9.17, 15) is 32.3 Å². The van der Waals surface area contributed by atoms with Crippen LogP contribution in [0.15, 0.2) is 65.6 Å². The summed E-state index contributed by atoms with van der Waals surface area (Å²) in [7, 11) is 0. The number of aromatic amines is 2.